The molecular weight excluding hydrogens is 186 g/mol. The highest BCUT2D eigenvalue weighted by molar-refractivity contribution is 4.97. The minimum atomic E-state index is 0.633. The lowest BCUT2D eigenvalue weighted by atomic mass is 9.84. The van der Waals surface area contributed by atoms with Gasteiger partial charge in [-0.05, 0) is 31.7 Å². The zero-order chi connectivity index (χ0) is 10.5. The molecule has 3 heteroatoms. The van der Waals surface area contributed by atoms with Crippen LogP contribution in [-0.4, -0.2) is 16.2 Å². The fourth-order valence-corrected chi connectivity index (χ4v) is 2.45. The van der Waals surface area contributed by atoms with Gasteiger partial charge < -0.3 is 5.32 Å². The zero-order valence-electron chi connectivity index (χ0n) is 9.50. The smallest absolute Gasteiger partial charge is 0.0490 e. The first kappa shape index (κ1) is 10.7. The van der Waals surface area contributed by atoms with E-state index in [0.717, 1.165) is 12.5 Å². The van der Waals surface area contributed by atoms with E-state index in [-0.39, 0.29) is 0 Å². The highest BCUT2D eigenvalue weighted by Crippen LogP contribution is 2.26. The molecule has 1 atom stereocenters. The van der Waals surface area contributed by atoms with Gasteiger partial charge in [-0.15, -0.1) is 0 Å². The van der Waals surface area contributed by atoms with Gasteiger partial charge in [0.25, 0.3) is 0 Å². The van der Waals surface area contributed by atoms with Crippen LogP contribution in [0.3, 0.4) is 0 Å². The highest BCUT2D eigenvalue weighted by Gasteiger charge is 2.19. The maximum Gasteiger partial charge on any atom is 0.0490 e. The molecule has 0 aromatic carbocycles. The van der Waals surface area contributed by atoms with Crippen LogP contribution in [0.2, 0.25) is 0 Å². The van der Waals surface area contributed by atoms with Crippen molar-refractivity contribution in [3.05, 3.63) is 18.0 Å². The van der Waals surface area contributed by atoms with Gasteiger partial charge >= 0.3 is 0 Å². The molecule has 0 saturated heterocycles. The third-order valence-corrected chi connectivity index (χ3v) is 3.53. The molecule has 0 bridgehead atoms. The maximum atomic E-state index is 3.95. The summed E-state index contributed by atoms with van der Waals surface area (Å²) in [5.74, 6) is 0.877. The minimum Gasteiger partial charge on any atom is -0.308 e. The van der Waals surface area contributed by atoms with Gasteiger partial charge in [0, 0.05) is 24.5 Å². The van der Waals surface area contributed by atoms with Crippen molar-refractivity contribution < 1.29 is 0 Å². The van der Waals surface area contributed by atoms with Crippen molar-refractivity contribution in [2.24, 2.45) is 5.92 Å². The number of hydrogen-bond donors (Lipinski definition) is 2. The molecule has 1 aliphatic rings. The van der Waals surface area contributed by atoms with Crippen LogP contribution in [0.4, 0.5) is 0 Å². The molecule has 0 radical (unpaired) electrons. The Kier molecular flexibility index (Phi) is 3.78. The molecule has 0 amide bonds. The summed E-state index contributed by atoms with van der Waals surface area (Å²) < 4.78 is 0. The standard InChI is InChI=1S/C12H21N3/c1-10(11-5-3-2-4-6-11)13-9-12-7-8-14-15-12/h7-8,10-11,13H,2-6,9H2,1H3,(H,14,15). The van der Waals surface area contributed by atoms with Gasteiger partial charge in [-0.2, -0.15) is 5.10 Å². The molecule has 84 valence electrons. The van der Waals surface area contributed by atoms with E-state index in [1.54, 1.807) is 0 Å². The monoisotopic (exact) mass is 207 g/mol. The lowest BCUT2D eigenvalue weighted by Crippen LogP contribution is -2.34. The number of aromatic amines is 1. The van der Waals surface area contributed by atoms with Crippen molar-refractivity contribution in [3.8, 4) is 0 Å². The second-order valence-electron chi connectivity index (χ2n) is 4.65. The predicted octanol–water partition coefficient (Wildman–Crippen LogP) is 2.47. The third kappa shape index (κ3) is 3.06. The number of nitrogens with zero attached hydrogens (tertiary/aromatic N) is 1. The fourth-order valence-electron chi connectivity index (χ4n) is 2.45. The van der Waals surface area contributed by atoms with E-state index in [1.807, 2.05) is 12.3 Å². The van der Waals surface area contributed by atoms with E-state index in [9.17, 15) is 0 Å². The molecule has 1 aromatic rings. The molecule has 1 saturated carbocycles. The quantitative estimate of drug-likeness (QED) is 0.796. The van der Waals surface area contributed by atoms with Crippen molar-refractivity contribution >= 4 is 0 Å². The van der Waals surface area contributed by atoms with Gasteiger partial charge in [0.1, 0.15) is 0 Å². The molecular formula is C12H21N3. The van der Waals surface area contributed by atoms with Crippen molar-refractivity contribution in [1.29, 1.82) is 0 Å². The summed E-state index contributed by atoms with van der Waals surface area (Å²) in [6.45, 7) is 3.23. The van der Waals surface area contributed by atoms with Crippen LogP contribution in [-0.2, 0) is 6.54 Å². The van der Waals surface area contributed by atoms with Crippen LogP contribution in [0.15, 0.2) is 12.3 Å². The Morgan fingerprint density at radius 2 is 2.27 bits per heavy atom. The second kappa shape index (κ2) is 5.31. The Labute approximate surface area is 91.7 Å². The minimum absolute atomic E-state index is 0.633. The number of nitrogens with one attached hydrogen (secondary N) is 2. The first-order valence-corrected chi connectivity index (χ1v) is 6.08. The average Bonchev–Trinajstić information content (AvgIpc) is 2.80. The summed E-state index contributed by atoms with van der Waals surface area (Å²) in [5, 5.41) is 10.5. The first-order valence-electron chi connectivity index (χ1n) is 6.08. The van der Waals surface area contributed by atoms with Crippen molar-refractivity contribution in [2.75, 3.05) is 0 Å². The third-order valence-electron chi connectivity index (χ3n) is 3.53. The van der Waals surface area contributed by atoms with E-state index in [2.05, 4.69) is 22.4 Å². The molecule has 0 aliphatic heterocycles. The Morgan fingerprint density at radius 1 is 1.47 bits per heavy atom. The molecule has 0 spiro atoms. The van der Waals surface area contributed by atoms with E-state index >= 15 is 0 Å². The summed E-state index contributed by atoms with van der Waals surface area (Å²) in [5.41, 5.74) is 1.18. The lowest BCUT2D eigenvalue weighted by Gasteiger charge is -2.28. The van der Waals surface area contributed by atoms with E-state index in [0.29, 0.717) is 6.04 Å². The molecule has 1 aromatic heterocycles. The van der Waals surface area contributed by atoms with Crippen molar-refractivity contribution in [1.82, 2.24) is 15.5 Å². The van der Waals surface area contributed by atoms with E-state index in [4.69, 9.17) is 0 Å². The van der Waals surface area contributed by atoms with Crippen LogP contribution in [0.25, 0.3) is 0 Å². The molecule has 2 rings (SSSR count). The van der Waals surface area contributed by atoms with E-state index in [1.165, 1.54) is 37.8 Å². The largest absolute Gasteiger partial charge is 0.308 e. The maximum absolute atomic E-state index is 3.95. The van der Waals surface area contributed by atoms with Crippen LogP contribution in [0.1, 0.15) is 44.7 Å². The van der Waals surface area contributed by atoms with Crippen molar-refractivity contribution in [2.45, 2.75) is 51.6 Å². The molecule has 3 nitrogen and oxygen atoms in total. The fraction of sp³-hybridized carbons (Fsp3) is 0.750. The number of H-pyrrole nitrogens is 1. The Hall–Kier alpha value is -0.830. The van der Waals surface area contributed by atoms with Gasteiger partial charge in [-0.25, -0.2) is 0 Å². The van der Waals surface area contributed by atoms with Gasteiger partial charge in [-0.3, -0.25) is 5.10 Å². The molecule has 15 heavy (non-hydrogen) atoms. The Balaban J connectivity index is 1.74. The molecule has 1 fully saturated rings. The summed E-state index contributed by atoms with van der Waals surface area (Å²) in [7, 11) is 0. The van der Waals surface area contributed by atoms with Gasteiger partial charge in [0.05, 0.1) is 0 Å². The van der Waals surface area contributed by atoms with Gasteiger partial charge in [0.15, 0.2) is 0 Å². The number of aromatic nitrogens is 2. The SMILES string of the molecule is CC(NCc1ccn[nH]1)C1CCCCC1. The van der Waals surface area contributed by atoms with Crippen LogP contribution >= 0.6 is 0 Å². The second-order valence-corrected chi connectivity index (χ2v) is 4.65. The average molecular weight is 207 g/mol. The van der Waals surface area contributed by atoms with Crippen molar-refractivity contribution in [3.63, 3.8) is 0 Å². The van der Waals surface area contributed by atoms with Crippen LogP contribution in [0.5, 0.6) is 0 Å². The Bertz CT molecular complexity index is 262. The van der Waals surface area contributed by atoms with E-state index < -0.39 is 0 Å². The summed E-state index contributed by atoms with van der Waals surface area (Å²) in [6, 6.07) is 2.66. The molecule has 1 aliphatic carbocycles. The highest BCUT2D eigenvalue weighted by atomic mass is 15.1. The molecule has 1 unspecified atom stereocenters. The zero-order valence-corrected chi connectivity index (χ0v) is 9.50. The summed E-state index contributed by atoms with van der Waals surface area (Å²) in [4.78, 5) is 0. The molecule has 1 heterocycles. The van der Waals surface area contributed by atoms with Gasteiger partial charge in [0.2, 0.25) is 0 Å². The van der Waals surface area contributed by atoms with Crippen LogP contribution in [0, 0.1) is 5.92 Å². The summed E-state index contributed by atoms with van der Waals surface area (Å²) >= 11 is 0. The van der Waals surface area contributed by atoms with Gasteiger partial charge in [-0.1, -0.05) is 19.3 Å². The summed E-state index contributed by atoms with van der Waals surface area (Å²) in [6.07, 6.45) is 8.88. The predicted molar refractivity (Wildman–Crippen MR) is 61.5 cm³/mol. The number of rotatable bonds is 4. The topological polar surface area (TPSA) is 40.7 Å². The Morgan fingerprint density at radius 3 is 2.93 bits per heavy atom. The molecule has 2 N–H and O–H groups in total. The number of hydrogen-bond acceptors (Lipinski definition) is 2. The normalized spacial score (nSPS) is 20.3. The van der Waals surface area contributed by atoms with Crippen LogP contribution < -0.4 is 5.32 Å². The lowest BCUT2D eigenvalue weighted by molar-refractivity contribution is 0.280. The first-order chi connectivity index (χ1) is 7.36.